The van der Waals surface area contributed by atoms with Crippen LogP contribution < -0.4 is 5.32 Å². The molecule has 0 amide bonds. The van der Waals surface area contributed by atoms with Crippen molar-refractivity contribution < 1.29 is 13.5 Å². The minimum atomic E-state index is -2.82. The Bertz CT molecular complexity index is 330. The normalized spacial score (nSPS) is 11.7. The Morgan fingerprint density at radius 2 is 1.79 bits per heavy atom. The van der Waals surface area contributed by atoms with Gasteiger partial charge in [-0.05, 0) is 19.4 Å². The van der Waals surface area contributed by atoms with Crippen molar-refractivity contribution >= 4 is 0 Å². The molecule has 0 aliphatic rings. The molecule has 108 valence electrons. The van der Waals surface area contributed by atoms with E-state index < -0.39 is 5.92 Å². The van der Waals surface area contributed by atoms with E-state index in [1.54, 1.807) is 18.2 Å². The Morgan fingerprint density at radius 3 is 2.47 bits per heavy atom. The summed E-state index contributed by atoms with van der Waals surface area (Å²) in [5, 5.41) is 2.79. The van der Waals surface area contributed by atoms with Gasteiger partial charge in [0.25, 0.3) is 5.92 Å². The summed E-state index contributed by atoms with van der Waals surface area (Å²) >= 11 is 0. The summed E-state index contributed by atoms with van der Waals surface area (Å²) in [6, 6.07) is 7.90. The number of halogens is 2. The predicted molar refractivity (Wildman–Crippen MR) is 73.5 cm³/mol. The molecule has 0 aliphatic heterocycles. The monoisotopic (exact) mass is 271 g/mol. The van der Waals surface area contributed by atoms with Crippen molar-refractivity contribution in [2.75, 3.05) is 26.3 Å². The Kier molecular flexibility index (Phi) is 7.60. The van der Waals surface area contributed by atoms with Gasteiger partial charge in [-0.15, -0.1) is 0 Å². The van der Waals surface area contributed by atoms with Crippen molar-refractivity contribution in [3.63, 3.8) is 0 Å². The fourth-order valence-corrected chi connectivity index (χ4v) is 1.68. The van der Waals surface area contributed by atoms with Crippen LogP contribution >= 0.6 is 0 Å². The summed E-state index contributed by atoms with van der Waals surface area (Å²) in [5.74, 6) is -2.82. The molecule has 1 N–H and O–H groups in total. The van der Waals surface area contributed by atoms with E-state index in [9.17, 15) is 8.78 Å². The summed E-state index contributed by atoms with van der Waals surface area (Å²) in [4.78, 5) is 0. The zero-order valence-electron chi connectivity index (χ0n) is 11.5. The van der Waals surface area contributed by atoms with Gasteiger partial charge in [0.1, 0.15) is 0 Å². The topological polar surface area (TPSA) is 21.3 Å². The molecule has 1 aromatic rings. The fraction of sp³-hybridized carbons (Fsp3) is 0.600. The van der Waals surface area contributed by atoms with Crippen LogP contribution in [0.3, 0.4) is 0 Å². The van der Waals surface area contributed by atoms with Crippen LogP contribution in [0.15, 0.2) is 30.3 Å². The van der Waals surface area contributed by atoms with Crippen molar-refractivity contribution in [1.29, 1.82) is 0 Å². The lowest BCUT2D eigenvalue weighted by molar-refractivity contribution is -0.00350. The summed E-state index contributed by atoms with van der Waals surface area (Å²) in [7, 11) is 0. The molecule has 0 aromatic heterocycles. The van der Waals surface area contributed by atoms with Gasteiger partial charge in [-0.2, -0.15) is 8.78 Å². The van der Waals surface area contributed by atoms with E-state index in [1.807, 2.05) is 0 Å². The van der Waals surface area contributed by atoms with E-state index >= 15 is 0 Å². The highest BCUT2D eigenvalue weighted by Crippen LogP contribution is 2.26. The third-order valence-electron chi connectivity index (χ3n) is 2.83. The van der Waals surface area contributed by atoms with Gasteiger partial charge in [0.2, 0.25) is 0 Å². The van der Waals surface area contributed by atoms with E-state index in [4.69, 9.17) is 4.74 Å². The molecule has 0 fully saturated rings. The highest BCUT2D eigenvalue weighted by Gasteiger charge is 2.30. The number of rotatable bonds is 10. The molecule has 1 rings (SSSR count). The minimum Gasteiger partial charge on any atom is -0.381 e. The number of nitrogens with one attached hydrogen (secondary N) is 1. The third kappa shape index (κ3) is 6.64. The average molecular weight is 271 g/mol. The minimum absolute atomic E-state index is 0.0571. The van der Waals surface area contributed by atoms with E-state index in [2.05, 4.69) is 12.2 Å². The van der Waals surface area contributed by atoms with Gasteiger partial charge in [0, 0.05) is 18.8 Å². The SMILES string of the molecule is CCCCOCCCNCC(F)(F)c1ccccc1. The molecule has 2 nitrogen and oxygen atoms in total. The van der Waals surface area contributed by atoms with Gasteiger partial charge in [-0.25, -0.2) is 0 Å². The maximum atomic E-state index is 13.7. The second-order valence-corrected chi connectivity index (χ2v) is 4.57. The Labute approximate surface area is 114 Å². The molecule has 19 heavy (non-hydrogen) atoms. The highest BCUT2D eigenvalue weighted by atomic mass is 19.3. The van der Waals surface area contributed by atoms with E-state index in [-0.39, 0.29) is 12.1 Å². The first-order chi connectivity index (χ1) is 9.17. The lowest BCUT2D eigenvalue weighted by atomic mass is 10.1. The molecule has 0 atom stereocenters. The van der Waals surface area contributed by atoms with Crippen LogP contribution in [0.1, 0.15) is 31.7 Å². The lowest BCUT2D eigenvalue weighted by Gasteiger charge is -2.17. The second kappa shape index (κ2) is 8.99. The Morgan fingerprint density at radius 1 is 1.11 bits per heavy atom. The molecule has 0 saturated carbocycles. The summed E-state index contributed by atoms with van der Waals surface area (Å²) < 4.78 is 32.8. The molecule has 0 aliphatic carbocycles. The fourth-order valence-electron chi connectivity index (χ4n) is 1.68. The van der Waals surface area contributed by atoms with Crippen LogP contribution in [0.5, 0.6) is 0 Å². The summed E-state index contributed by atoms with van der Waals surface area (Å²) in [6.45, 7) is 3.72. The van der Waals surface area contributed by atoms with Crippen LogP contribution in [0.4, 0.5) is 8.78 Å². The van der Waals surface area contributed by atoms with Gasteiger partial charge < -0.3 is 10.1 Å². The Balaban J connectivity index is 2.12. The van der Waals surface area contributed by atoms with Crippen LogP contribution in [0, 0.1) is 0 Å². The Hall–Kier alpha value is -1.00. The zero-order chi connectivity index (χ0) is 14.0. The third-order valence-corrected chi connectivity index (χ3v) is 2.83. The second-order valence-electron chi connectivity index (χ2n) is 4.57. The largest absolute Gasteiger partial charge is 0.381 e. The molecule has 0 heterocycles. The van der Waals surface area contributed by atoms with E-state index in [0.29, 0.717) is 13.2 Å². The maximum absolute atomic E-state index is 13.7. The van der Waals surface area contributed by atoms with Crippen molar-refractivity contribution in [2.45, 2.75) is 32.1 Å². The quantitative estimate of drug-likeness (QED) is 0.657. The first kappa shape index (κ1) is 16.1. The molecule has 0 bridgehead atoms. The van der Waals surface area contributed by atoms with Gasteiger partial charge >= 0.3 is 0 Å². The number of alkyl halides is 2. The van der Waals surface area contributed by atoms with E-state index in [0.717, 1.165) is 25.9 Å². The molecule has 0 saturated heterocycles. The molecule has 0 spiro atoms. The highest BCUT2D eigenvalue weighted by molar-refractivity contribution is 5.20. The van der Waals surface area contributed by atoms with Crippen molar-refractivity contribution in [2.24, 2.45) is 0 Å². The van der Waals surface area contributed by atoms with Gasteiger partial charge in [-0.1, -0.05) is 43.7 Å². The number of unbranched alkanes of at least 4 members (excludes halogenated alkanes) is 1. The zero-order valence-corrected chi connectivity index (χ0v) is 11.5. The summed E-state index contributed by atoms with van der Waals surface area (Å²) in [6.07, 6.45) is 2.93. The van der Waals surface area contributed by atoms with Crippen LogP contribution in [-0.2, 0) is 10.7 Å². The average Bonchev–Trinajstić information content (AvgIpc) is 2.43. The van der Waals surface area contributed by atoms with Crippen molar-refractivity contribution in [3.05, 3.63) is 35.9 Å². The molecule has 4 heteroatoms. The van der Waals surface area contributed by atoms with Gasteiger partial charge in [0.15, 0.2) is 0 Å². The molecule has 0 unspecified atom stereocenters. The molecule has 0 radical (unpaired) electrons. The van der Waals surface area contributed by atoms with Gasteiger partial charge in [0.05, 0.1) is 6.54 Å². The molecular weight excluding hydrogens is 248 g/mol. The summed E-state index contributed by atoms with van der Waals surface area (Å²) in [5.41, 5.74) is 0.0571. The lowest BCUT2D eigenvalue weighted by Crippen LogP contribution is -2.31. The van der Waals surface area contributed by atoms with Crippen LogP contribution in [0.25, 0.3) is 0 Å². The number of benzene rings is 1. The number of ether oxygens (including phenoxy) is 1. The number of hydrogen-bond donors (Lipinski definition) is 1. The van der Waals surface area contributed by atoms with Crippen molar-refractivity contribution in [1.82, 2.24) is 5.32 Å². The first-order valence-electron chi connectivity index (χ1n) is 6.88. The predicted octanol–water partition coefficient (Wildman–Crippen LogP) is 3.57. The number of hydrogen-bond acceptors (Lipinski definition) is 2. The standard InChI is InChI=1S/C15H23F2NO/c1-2-3-11-19-12-7-10-18-13-15(16,17)14-8-5-4-6-9-14/h4-6,8-9,18H,2-3,7,10-13H2,1H3. The van der Waals surface area contributed by atoms with E-state index in [1.165, 1.54) is 12.1 Å². The van der Waals surface area contributed by atoms with Crippen molar-refractivity contribution in [3.8, 4) is 0 Å². The smallest absolute Gasteiger partial charge is 0.285 e. The maximum Gasteiger partial charge on any atom is 0.285 e. The van der Waals surface area contributed by atoms with Crippen LogP contribution in [-0.4, -0.2) is 26.3 Å². The van der Waals surface area contributed by atoms with Crippen LogP contribution in [0.2, 0.25) is 0 Å². The first-order valence-corrected chi connectivity index (χ1v) is 6.88. The molecular formula is C15H23F2NO. The molecule has 1 aromatic carbocycles. The van der Waals surface area contributed by atoms with Gasteiger partial charge in [-0.3, -0.25) is 0 Å².